The number of hydrogen-bond acceptors (Lipinski definition) is 4. The number of rotatable bonds is 2. The number of nitrogens with zero attached hydrogens (tertiary/aromatic N) is 2. The van der Waals surface area contributed by atoms with Gasteiger partial charge in [0.05, 0.1) is 5.69 Å². The third-order valence-corrected chi connectivity index (χ3v) is 3.56. The van der Waals surface area contributed by atoms with E-state index < -0.39 is 0 Å². The molecule has 1 aliphatic carbocycles. The van der Waals surface area contributed by atoms with Gasteiger partial charge in [-0.1, -0.05) is 13.8 Å². The van der Waals surface area contributed by atoms with Crippen LogP contribution in [0.1, 0.15) is 38.8 Å². The summed E-state index contributed by atoms with van der Waals surface area (Å²) in [6.45, 7) is 4.59. The van der Waals surface area contributed by atoms with E-state index in [1.165, 1.54) is 6.42 Å². The van der Waals surface area contributed by atoms with Gasteiger partial charge in [-0.25, -0.2) is 4.98 Å². The molecule has 0 aliphatic heterocycles. The normalized spacial score (nSPS) is 27.5. The largest absolute Gasteiger partial charge is 0.396 e. The average Bonchev–Trinajstić information content (AvgIpc) is 2.30. The van der Waals surface area contributed by atoms with Gasteiger partial charge in [0.25, 0.3) is 0 Å². The average molecular weight is 244 g/mol. The SMILES string of the molecule is CC1CC(C)CC(Nc2ccc(N)c(C#N)n2)C1. The summed E-state index contributed by atoms with van der Waals surface area (Å²) in [5.41, 5.74) is 6.41. The van der Waals surface area contributed by atoms with Gasteiger partial charge in [-0.3, -0.25) is 0 Å². The summed E-state index contributed by atoms with van der Waals surface area (Å²) in [5, 5.41) is 12.3. The molecule has 0 amide bonds. The highest BCUT2D eigenvalue weighted by Crippen LogP contribution is 2.30. The van der Waals surface area contributed by atoms with E-state index in [2.05, 4.69) is 24.1 Å². The van der Waals surface area contributed by atoms with E-state index in [4.69, 9.17) is 11.0 Å². The van der Waals surface area contributed by atoms with Crippen LogP contribution in [0.25, 0.3) is 0 Å². The van der Waals surface area contributed by atoms with Crippen LogP contribution in [0.15, 0.2) is 12.1 Å². The lowest BCUT2D eigenvalue weighted by molar-refractivity contribution is 0.280. The zero-order valence-electron chi connectivity index (χ0n) is 11.0. The third kappa shape index (κ3) is 2.92. The Morgan fingerprint density at radius 1 is 1.28 bits per heavy atom. The second-order valence-electron chi connectivity index (χ2n) is 5.50. The van der Waals surface area contributed by atoms with Crippen molar-refractivity contribution in [2.24, 2.45) is 11.8 Å². The second kappa shape index (κ2) is 5.26. The van der Waals surface area contributed by atoms with Crippen LogP contribution < -0.4 is 11.1 Å². The molecular formula is C14H20N4. The molecule has 1 fully saturated rings. The fourth-order valence-corrected chi connectivity index (χ4v) is 2.91. The highest BCUT2D eigenvalue weighted by molar-refractivity contribution is 5.54. The molecule has 1 aromatic rings. The van der Waals surface area contributed by atoms with Crippen molar-refractivity contribution in [1.29, 1.82) is 5.26 Å². The summed E-state index contributed by atoms with van der Waals surface area (Å²) >= 11 is 0. The maximum atomic E-state index is 8.91. The van der Waals surface area contributed by atoms with Crippen molar-refractivity contribution in [2.75, 3.05) is 11.1 Å². The molecule has 1 aromatic heterocycles. The van der Waals surface area contributed by atoms with Crippen LogP contribution in [0.4, 0.5) is 11.5 Å². The Balaban J connectivity index is 2.07. The molecule has 1 aliphatic rings. The van der Waals surface area contributed by atoms with E-state index in [-0.39, 0.29) is 0 Å². The minimum absolute atomic E-state index is 0.303. The Kier molecular flexibility index (Phi) is 3.71. The minimum atomic E-state index is 0.303. The predicted molar refractivity (Wildman–Crippen MR) is 73.0 cm³/mol. The lowest BCUT2D eigenvalue weighted by Gasteiger charge is -2.32. The summed E-state index contributed by atoms with van der Waals surface area (Å²) in [6.07, 6.45) is 3.63. The lowest BCUT2D eigenvalue weighted by atomic mass is 9.80. The van der Waals surface area contributed by atoms with Crippen LogP contribution in [0.2, 0.25) is 0 Å². The number of nitriles is 1. The molecule has 0 bridgehead atoms. The molecule has 2 rings (SSSR count). The van der Waals surface area contributed by atoms with Gasteiger partial charge in [-0.05, 0) is 43.2 Å². The predicted octanol–water partition coefficient (Wildman–Crippen LogP) is 2.77. The molecule has 4 heteroatoms. The van der Waals surface area contributed by atoms with Gasteiger partial charge >= 0.3 is 0 Å². The van der Waals surface area contributed by atoms with Crippen molar-refractivity contribution in [1.82, 2.24) is 4.98 Å². The number of nitrogens with two attached hydrogens (primary N) is 1. The molecule has 1 heterocycles. The molecular weight excluding hydrogens is 224 g/mol. The van der Waals surface area contributed by atoms with E-state index in [9.17, 15) is 0 Å². The summed E-state index contributed by atoms with van der Waals surface area (Å²) in [7, 11) is 0. The van der Waals surface area contributed by atoms with Gasteiger partial charge in [0.1, 0.15) is 11.9 Å². The first-order valence-electron chi connectivity index (χ1n) is 6.51. The number of hydrogen-bond donors (Lipinski definition) is 2. The Labute approximate surface area is 108 Å². The molecule has 3 N–H and O–H groups in total. The maximum Gasteiger partial charge on any atom is 0.165 e. The topological polar surface area (TPSA) is 74.7 Å². The Morgan fingerprint density at radius 3 is 2.56 bits per heavy atom. The molecule has 2 atom stereocenters. The van der Waals surface area contributed by atoms with Crippen LogP contribution in [-0.2, 0) is 0 Å². The van der Waals surface area contributed by atoms with E-state index >= 15 is 0 Å². The van der Waals surface area contributed by atoms with Crippen LogP contribution in [0.5, 0.6) is 0 Å². The van der Waals surface area contributed by atoms with E-state index in [0.29, 0.717) is 17.4 Å². The van der Waals surface area contributed by atoms with Crippen molar-refractivity contribution in [2.45, 2.75) is 39.2 Å². The highest BCUT2D eigenvalue weighted by atomic mass is 15.0. The molecule has 0 radical (unpaired) electrons. The fourth-order valence-electron chi connectivity index (χ4n) is 2.91. The molecule has 0 spiro atoms. The number of pyridine rings is 1. The monoisotopic (exact) mass is 244 g/mol. The minimum Gasteiger partial charge on any atom is -0.396 e. The molecule has 2 unspecified atom stereocenters. The molecule has 1 saturated carbocycles. The fraction of sp³-hybridized carbons (Fsp3) is 0.571. The highest BCUT2D eigenvalue weighted by Gasteiger charge is 2.24. The first-order valence-corrected chi connectivity index (χ1v) is 6.51. The van der Waals surface area contributed by atoms with E-state index in [1.807, 2.05) is 12.1 Å². The number of anilines is 2. The summed E-state index contributed by atoms with van der Waals surface area (Å²) in [5.74, 6) is 2.25. The van der Waals surface area contributed by atoms with Crippen LogP contribution in [0.3, 0.4) is 0 Å². The lowest BCUT2D eigenvalue weighted by Crippen LogP contribution is -2.30. The quantitative estimate of drug-likeness (QED) is 0.838. The summed E-state index contributed by atoms with van der Waals surface area (Å²) in [4.78, 5) is 4.24. The number of nitrogen functional groups attached to an aromatic ring is 1. The Hall–Kier alpha value is -1.76. The van der Waals surface area contributed by atoms with Crippen molar-refractivity contribution in [3.05, 3.63) is 17.8 Å². The second-order valence-corrected chi connectivity index (χ2v) is 5.50. The molecule has 18 heavy (non-hydrogen) atoms. The van der Waals surface area contributed by atoms with Gasteiger partial charge in [-0.2, -0.15) is 5.26 Å². The van der Waals surface area contributed by atoms with Crippen molar-refractivity contribution >= 4 is 11.5 Å². The van der Waals surface area contributed by atoms with Crippen molar-refractivity contribution in [3.8, 4) is 6.07 Å². The Morgan fingerprint density at radius 2 is 1.94 bits per heavy atom. The van der Waals surface area contributed by atoms with Gasteiger partial charge in [-0.15, -0.1) is 0 Å². The Bertz CT molecular complexity index is 453. The first-order chi connectivity index (χ1) is 8.58. The van der Waals surface area contributed by atoms with Gasteiger partial charge in [0, 0.05) is 6.04 Å². The molecule has 4 nitrogen and oxygen atoms in total. The van der Waals surface area contributed by atoms with Gasteiger partial charge in [0.15, 0.2) is 5.69 Å². The summed E-state index contributed by atoms with van der Waals surface area (Å²) in [6, 6.07) is 6.05. The van der Waals surface area contributed by atoms with Crippen LogP contribution >= 0.6 is 0 Å². The van der Waals surface area contributed by atoms with Crippen LogP contribution in [0, 0.1) is 23.2 Å². The third-order valence-electron chi connectivity index (χ3n) is 3.56. The zero-order valence-corrected chi connectivity index (χ0v) is 11.0. The number of nitrogens with one attached hydrogen (secondary N) is 1. The van der Waals surface area contributed by atoms with E-state index in [0.717, 1.165) is 30.5 Å². The number of aromatic nitrogens is 1. The summed E-state index contributed by atoms with van der Waals surface area (Å²) < 4.78 is 0. The molecule has 0 aromatic carbocycles. The smallest absolute Gasteiger partial charge is 0.165 e. The van der Waals surface area contributed by atoms with E-state index in [1.54, 1.807) is 6.07 Å². The van der Waals surface area contributed by atoms with Crippen molar-refractivity contribution < 1.29 is 0 Å². The maximum absolute atomic E-state index is 8.91. The van der Waals surface area contributed by atoms with Gasteiger partial charge in [0.2, 0.25) is 0 Å². The zero-order chi connectivity index (χ0) is 13.1. The van der Waals surface area contributed by atoms with Gasteiger partial charge < -0.3 is 11.1 Å². The van der Waals surface area contributed by atoms with Crippen LogP contribution in [-0.4, -0.2) is 11.0 Å². The molecule has 96 valence electrons. The standard InChI is InChI=1S/C14H20N4/c1-9-5-10(2)7-11(6-9)17-14-4-3-12(16)13(8-15)18-14/h3-4,9-11H,5-7,16H2,1-2H3,(H,17,18). The van der Waals surface area contributed by atoms with Crippen molar-refractivity contribution in [3.63, 3.8) is 0 Å². The first kappa shape index (κ1) is 12.7. The molecule has 0 saturated heterocycles.